The quantitative estimate of drug-likeness (QED) is 0.804. The van der Waals surface area contributed by atoms with E-state index >= 15 is 0 Å². The zero-order chi connectivity index (χ0) is 10.6. The van der Waals surface area contributed by atoms with Gasteiger partial charge in [-0.2, -0.15) is 0 Å². The molecule has 0 aromatic heterocycles. The van der Waals surface area contributed by atoms with Crippen LogP contribution < -0.4 is 10.5 Å². The summed E-state index contributed by atoms with van der Waals surface area (Å²) in [5.74, 6) is 0.692. The molecule has 78 valence electrons. The zero-order valence-electron chi connectivity index (χ0n) is 8.59. The van der Waals surface area contributed by atoms with E-state index in [1.807, 2.05) is 32.0 Å². The molecule has 0 saturated heterocycles. The Hall–Kier alpha value is -1.09. The fraction of sp³-hybridized carbons (Fsp3) is 0.455. The molecule has 0 aliphatic heterocycles. The molecule has 3 heteroatoms. The molecular formula is C11H16FNO. The van der Waals surface area contributed by atoms with Crippen LogP contribution in [0.15, 0.2) is 18.2 Å². The third-order valence-electron chi connectivity index (χ3n) is 1.99. The molecule has 0 bridgehead atoms. The van der Waals surface area contributed by atoms with Gasteiger partial charge in [-0.1, -0.05) is 12.1 Å². The number of rotatable bonds is 4. The molecule has 1 aromatic carbocycles. The van der Waals surface area contributed by atoms with E-state index in [2.05, 4.69) is 0 Å². The molecule has 0 aliphatic carbocycles. The van der Waals surface area contributed by atoms with Gasteiger partial charge in [0.15, 0.2) is 0 Å². The van der Waals surface area contributed by atoms with Gasteiger partial charge in [0.2, 0.25) is 0 Å². The lowest BCUT2D eigenvalue weighted by Crippen LogP contribution is -2.09. The molecule has 2 N–H and O–H groups in total. The number of nitrogens with two attached hydrogens (primary N) is 1. The summed E-state index contributed by atoms with van der Waals surface area (Å²) in [6, 6.07) is 5.69. The Morgan fingerprint density at radius 1 is 1.50 bits per heavy atom. The molecule has 0 heterocycles. The van der Waals surface area contributed by atoms with Gasteiger partial charge in [-0.05, 0) is 25.5 Å². The second-order valence-corrected chi connectivity index (χ2v) is 3.37. The Labute approximate surface area is 83.9 Å². The molecule has 1 atom stereocenters. The summed E-state index contributed by atoms with van der Waals surface area (Å²) in [6.07, 6.45) is 0. The number of alkyl halides is 1. The first-order chi connectivity index (χ1) is 6.65. The van der Waals surface area contributed by atoms with Gasteiger partial charge in [-0.15, -0.1) is 0 Å². The highest BCUT2D eigenvalue weighted by Crippen LogP contribution is 2.24. The molecule has 0 saturated carbocycles. The SMILES string of the molecule is Cc1ccc(C(C)N)c(OCCF)c1. The Bertz CT molecular complexity index is 299. The van der Waals surface area contributed by atoms with Crippen LogP contribution in [0.25, 0.3) is 0 Å². The highest BCUT2D eigenvalue weighted by molar-refractivity contribution is 5.38. The molecule has 0 spiro atoms. The molecule has 0 amide bonds. The lowest BCUT2D eigenvalue weighted by atomic mass is 10.1. The Morgan fingerprint density at radius 2 is 2.21 bits per heavy atom. The first-order valence-corrected chi connectivity index (χ1v) is 4.70. The maximum absolute atomic E-state index is 12.0. The average molecular weight is 197 g/mol. The summed E-state index contributed by atoms with van der Waals surface area (Å²) < 4.78 is 17.2. The molecule has 0 radical (unpaired) electrons. The fourth-order valence-electron chi connectivity index (χ4n) is 1.29. The summed E-state index contributed by atoms with van der Waals surface area (Å²) in [5, 5.41) is 0. The van der Waals surface area contributed by atoms with E-state index in [0.29, 0.717) is 5.75 Å². The van der Waals surface area contributed by atoms with Crippen LogP contribution >= 0.6 is 0 Å². The second kappa shape index (κ2) is 4.96. The van der Waals surface area contributed by atoms with Crippen LogP contribution in [0.4, 0.5) is 4.39 Å². The third kappa shape index (κ3) is 2.70. The number of aryl methyl sites for hydroxylation is 1. The van der Waals surface area contributed by atoms with E-state index in [1.54, 1.807) is 0 Å². The van der Waals surface area contributed by atoms with Crippen molar-refractivity contribution in [3.05, 3.63) is 29.3 Å². The van der Waals surface area contributed by atoms with Crippen LogP contribution in [-0.4, -0.2) is 13.3 Å². The van der Waals surface area contributed by atoms with Gasteiger partial charge in [0.25, 0.3) is 0 Å². The van der Waals surface area contributed by atoms with E-state index in [9.17, 15) is 4.39 Å². The minimum absolute atomic E-state index is 0.0865. The van der Waals surface area contributed by atoms with E-state index in [1.165, 1.54) is 0 Å². The van der Waals surface area contributed by atoms with Crippen LogP contribution in [0.3, 0.4) is 0 Å². The lowest BCUT2D eigenvalue weighted by Gasteiger charge is -2.13. The Kier molecular flexibility index (Phi) is 3.89. The lowest BCUT2D eigenvalue weighted by molar-refractivity contribution is 0.270. The van der Waals surface area contributed by atoms with Gasteiger partial charge in [0, 0.05) is 11.6 Å². The van der Waals surface area contributed by atoms with Crippen molar-refractivity contribution in [2.24, 2.45) is 5.73 Å². The van der Waals surface area contributed by atoms with E-state index in [4.69, 9.17) is 10.5 Å². The van der Waals surface area contributed by atoms with Crippen molar-refractivity contribution in [1.29, 1.82) is 0 Å². The topological polar surface area (TPSA) is 35.2 Å². The number of benzene rings is 1. The minimum Gasteiger partial charge on any atom is -0.491 e. The van der Waals surface area contributed by atoms with E-state index in [0.717, 1.165) is 11.1 Å². The molecule has 1 unspecified atom stereocenters. The van der Waals surface area contributed by atoms with Gasteiger partial charge in [-0.3, -0.25) is 0 Å². The zero-order valence-corrected chi connectivity index (χ0v) is 8.59. The van der Waals surface area contributed by atoms with Crippen molar-refractivity contribution < 1.29 is 9.13 Å². The molecule has 0 aliphatic rings. The fourth-order valence-corrected chi connectivity index (χ4v) is 1.29. The maximum atomic E-state index is 12.0. The predicted octanol–water partition coefficient (Wildman–Crippen LogP) is 2.36. The highest BCUT2D eigenvalue weighted by atomic mass is 19.1. The van der Waals surface area contributed by atoms with Crippen molar-refractivity contribution >= 4 is 0 Å². The summed E-state index contributed by atoms with van der Waals surface area (Å²) in [7, 11) is 0. The van der Waals surface area contributed by atoms with Gasteiger partial charge in [0.05, 0.1) is 0 Å². The van der Waals surface area contributed by atoms with Gasteiger partial charge in [-0.25, -0.2) is 4.39 Å². The Morgan fingerprint density at radius 3 is 2.79 bits per heavy atom. The van der Waals surface area contributed by atoms with Crippen LogP contribution in [-0.2, 0) is 0 Å². The molecule has 0 fully saturated rings. The highest BCUT2D eigenvalue weighted by Gasteiger charge is 2.07. The number of hydrogen-bond acceptors (Lipinski definition) is 2. The van der Waals surface area contributed by atoms with E-state index in [-0.39, 0.29) is 12.6 Å². The largest absolute Gasteiger partial charge is 0.491 e. The van der Waals surface area contributed by atoms with Crippen molar-refractivity contribution in [2.45, 2.75) is 19.9 Å². The number of ether oxygens (including phenoxy) is 1. The molecule has 2 nitrogen and oxygen atoms in total. The normalized spacial score (nSPS) is 12.6. The molecule has 1 rings (SSSR count). The maximum Gasteiger partial charge on any atom is 0.124 e. The summed E-state index contributed by atoms with van der Waals surface area (Å²) >= 11 is 0. The van der Waals surface area contributed by atoms with Gasteiger partial charge < -0.3 is 10.5 Å². The van der Waals surface area contributed by atoms with Gasteiger partial charge >= 0.3 is 0 Å². The number of halogens is 1. The van der Waals surface area contributed by atoms with Crippen LogP contribution in [0.1, 0.15) is 24.1 Å². The standard InChI is InChI=1S/C11H16FNO/c1-8-3-4-10(9(2)13)11(7-8)14-6-5-12/h3-4,7,9H,5-6,13H2,1-2H3. The van der Waals surface area contributed by atoms with Crippen LogP contribution in [0.2, 0.25) is 0 Å². The minimum atomic E-state index is -0.480. The molecular weight excluding hydrogens is 181 g/mol. The Balaban J connectivity index is 2.91. The van der Waals surface area contributed by atoms with Crippen molar-refractivity contribution in [1.82, 2.24) is 0 Å². The first kappa shape index (κ1) is 11.0. The van der Waals surface area contributed by atoms with Crippen molar-refractivity contribution in [2.75, 3.05) is 13.3 Å². The van der Waals surface area contributed by atoms with Crippen LogP contribution in [0.5, 0.6) is 5.75 Å². The summed E-state index contributed by atoms with van der Waals surface area (Å²) in [4.78, 5) is 0. The predicted molar refractivity (Wildman–Crippen MR) is 55.3 cm³/mol. The first-order valence-electron chi connectivity index (χ1n) is 4.70. The second-order valence-electron chi connectivity index (χ2n) is 3.37. The monoisotopic (exact) mass is 197 g/mol. The number of hydrogen-bond donors (Lipinski definition) is 1. The molecule has 14 heavy (non-hydrogen) atoms. The van der Waals surface area contributed by atoms with Gasteiger partial charge in [0.1, 0.15) is 19.0 Å². The molecule has 1 aromatic rings. The van der Waals surface area contributed by atoms with Crippen LogP contribution in [0, 0.1) is 6.92 Å². The smallest absolute Gasteiger partial charge is 0.124 e. The van der Waals surface area contributed by atoms with Crippen molar-refractivity contribution in [3.8, 4) is 5.75 Å². The van der Waals surface area contributed by atoms with Crippen molar-refractivity contribution in [3.63, 3.8) is 0 Å². The average Bonchev–Trinajstić information content (AvgIpc) is 2.14. The van der Waals surface area contributed by atoms with E-state index < -0.39 is 6.67 Å². The summed E-state index contributed by atoms with van der Waals surface area (Å²) in [5.41, 5.74) is 7.77. The third-order valence-corrected chi connectivity index (χ3v) is 1.99. The summed E-state index contributed by atoms with van der Waals surface area (Å²) in [6.45, 7) is 3.45.